The first-order valence-corrected chi connectivity index (χ1v) is 7.64. The van der Waals surface area contributed by atoms with E-state index in [9.17, 15) is 0 Å². The maximum absolute atomic E-state index is 6.16. The molecule has 2 aromatic rings. The van der Waals surface area contributed by atoms with E-state index in [4.69, 9.17) is 27.9 Å². The van der Waals surface area contributed by atoms with E-state index in [1.807, 2.05) is 37.3 Å². The van der Waals surface area contributed by atoms with Crippen molar-refractivity contribution in [3.63, 3.8) is 0 Å². The number of ether oxygens (including phenoxy) is 1. The number of nitrogens with zero attached hydrogens (tertiary/aromatic N) is 1. The molecule has 0 saturated carbocycles. The number of nitrogens with one attached hydrogen (secondary N) is 1. The Morgan fingerprint density at radius 2 is 1.95 bits per heavy atom. The molecule has 2 rings (SSSR count). The minimum absolute atomic E-state index is 0.281. The van der Waals surface area contributed by atoms with Crippen LogP contribution in [0.4, 0.5) is 5.82 Å². The Hall–Kier alpha value is -1.45. The van der Waals surface area contributed by atoms with E-state index in [1.54, 1.807) is 0 Å². The van der Waals surface area contributed by atoms with Gasteiger partial charge >= 0.3 is 0 Å². The fourth-order valence-corrected chi connectivity index (χ4v) is 2.26. The van der Waals surface area contributed by atoms with Gasteiger partial charge in [0.25, 0.3) is 0 Å². The molecule has 0 unspecified atom stereocenters. The van der Waals surface area contributed by atoms with Gasteiger partial charge in [-0.25, -0.2) is 4.98 Å². The highest BCUT2D eigenvalue weighted by Gasteiger charge is 2.07. The molecule has 0 atom stereocenters. The Morgan fingerprint density at radius 1 is 1.14 bits per heavy atom. The Balaban J connectivity index is 2.08. The maximum atomic E-state index is 6.16. The molecule has 21 heavy (non-hydrogen) atoms. The molecule has 0 aliphatic rings. The molecule has 0 amide bonds. The zero-order valence-electron chi connectivity index (χ0n) is 12.1. The number of halogens is 2. The van der Waals surface area contributed by atoms with E-state index in [1.165, 1.54) is 0 Å². The zero-order chi connectivity index (χ0) is 15.2. The molecule has 5 heteroatoms. The summed E-state index contributed by atoms with van der Waals surface area (Å²) in [5.74, 6) is 1.43. The summed E-state index contributed by atoms with van der Waals surface area (Å²) in [5.41, 5.74) is 1.78. The summed E-state index contributed by atoms with van der Waals surface area (Å²) in [6.45, 7) is 5.24. The Morgan fingerprint density at radius 3 is 2.67 bits per heavy atom. The molecule has 0 aliphatic carbocycles. The van der Waals surface area contributed by atoms with Crippen LogP contribution in [0, 0.1) is 6.92 Å². The van der Waals surface area contributed by atoms with Gasteiger partial charge in [-0.2, -0.15) is 0 Å². The number of anilines is 1. The van der Waals surface area contributed by atoms with E-state index in [-0.39, 0.29) is 6.61 Å². The van der Waals surface area contributed by atoms with Gasteiger partial charge in [0.15, 0.2) is 0 Å². The lowest BCUT2D eigenvalue weighted by Crippen LogP contribution is -2.05. The van der Waals surface area contributed by atoms with Gasteiger partial charge < -0.3 is 10.1 Å². The molecule has 0 aliphatic heterocycles. The quantitative estimate of drug-likeness (QED) is 0.802. The van der Waals surface area contributed by atoms with Crippen molar-refractivity contribution in [3.8, 4) is 5.75 Å². The fourth-order valence-electron chi connectivity index (χ4n) is 1.81. The number of aryl methyl sites for hydroxylation is 1. The molecule has 1 N–H and O–H groups in total. The Labute approximate surface area is 135 Å². The number of hydrogen-bond donors (Lipinski definition) is 1. The molecule has 0 saturated heterocycles. The third kappa shape index (κ3) is 4.51. The summed E-state index contributed by atoms with van der Waals surface area (Å²) in [7, 11) is 0. The van der Waals surface area contributed by atoms with Crippen molar-refractivity contribution in [1.82, 2.24) is 4.98 Å². The van der Waals surface area contributed by atoms with E-state index >= 15 is 0 Å². The molecule has 1 heterocycles. The molecule has 3 nitrogen and oxygen atoms in total. The summed E-state index contributed by atoms with van der Waals surface area (Å²) >= 11 is 12.3. The lowest BCUT2D eigenvalue weighted by molar-refractivity contribution is 0.302. The van der Waals surface area contributed by atoms with Crippen LogP contribution >= 0.6 is 23.2 Å². The number of rotatable bonds is 6. The second kappa shape index (κ2) is 7.53. The van der Waals surface area contributed by atoms with Crippen LogP contribution in [0.1, 0.15) is 24.6 Å². The summed E-state index contributed by atoms with van der Waals surface area (Å²) in [4.78, 5) is 4.46. The van der Waals surface area contributed by atoms with Gasteiger partial charge in [-0.3, -0.25) is 0 Å². The van der Waals surface area contributed by atoms with Crippen molar-refractivity contribution in [1.29, 1.82) is 0 Å². The first-order chi connectivity index (χ1) is 10.1. The molecule has 0 fully saturated rings. The summed E-state index contributed by atoms with van der Waals surface area (Å²) < 4.78 is 5.71. The third-order valence-corrected chi connectivity index (χ3v) is 3.57. The van der Waals surface area contributed by atoms with Gasteiger partial charge in [-0.1, -0.05) is 36.2 Å². The minimum Gasteiger partial charge on any atom is -0.486 e. The van der Waals surface area contributed by atoms with Crippen LogP contribution in [0.2, 0.25) is 10.0 Å². The number of hydrogen-bond acceptors (Lipinski definition) is 3. The van der Waals surface area contributed by atoms with E-state index in [2.05, 4.69) is 17.2 Å². The number of aromatic nitrogens is 1. The van der Waals surface area contributed by atoms with Crippen LogP contribution in [0.25, 0.3) is 0 Å². The summed E-state index contributed by atoms with van der Waals surface area (Å²) in [5, 5.41) is 4.40. The minimum atomic E-state index is 0.281. The lowest BCUT2D eigenvalue weighted by atomic mass is 10.2. The first kappa shape index (κ1) is 15.9. The molecule has 0 spiro atoms. The van der Waals surface area contributed by atoms with Crippen molar-refractivity contribution in [2.75, 3.05) is 11.9 Å². The van der Waals surface area contributed by atoms with Crippen molar-refractivity contribution < 1.29 is 4.74 Å². The van der Waals surface area contributed by atoms with Crippen LogP contribution < -0.4 is 10.1 Å². The standard InChI is InChI=1S/C16H18Cl2N2O/c1-3-8-19-16-7-5-12(17)14(20-16)10-21-15-6-4-11(2)9-13(15)18/h4-7,9H,3,8,10H2,1-2H3,(H,19,20). The van der Waals surface area contributed by atoms with Crippen molar-refractivity contribution in [2.24, 2.45) is 0 Å². The van der Waals surface area contributed by atoms with Gasteiger partial charge in [0.05, 0.1) is 15.7 Å². The largest absolute Gasteiger partial charge is 0.486 e. The molecule has 0 radical (unpaired) electrons. The molecular weight excluding hydrogens is 307 g/mol. The van der Waals surface area contributed by atoms with E-state index in [0.29, 0.717) is 21.5 Å². The second-order valence-corrected chi connectivity index (χ2v) is 5.59. The molecule has 112 valence electrons. The zero-order valence-corrected chi connectivity index (χ0v) is 13.6. The highest BCUT2D eigenvalue weighted by molar-refractivity contribution is 6.32. The van der Waals surface area contributed by atoms with Gasteiger partial charge in [-0.05, 0) is 43.2 Å². The smallest absolute Gasteiger partial charge is 0.138 e. The Bertz CT molecular complexity index is 617. The first-order valence-electron chi connectivity index (χ1n) is 6.88. The number of pyridine rings is 1. The molecule has 1 aromatic heterocycles. The average molecular weight is 325 g/mol. The predicted octanol–water partition coefficient (Wildman–Crippen LogP) is 5.10. The van der Waals surface area contributed by atoms with Gasteiger partial charge in [0, 0.05) is 6.54 Å². The SMILES string of the molecule is CCCNc1ccc(Cl)c(COc2ccc(C)cc2Cl)n1. The van der Waals surface area contributed by atoms with E-state index < -0.39 is 0 Å². The second-order valence-electron chi connectivity index (χ2n) is 4.77. The van der Waals surface area contributed by atoms with Crippen LogP contribution in [0.3, 0.4) is 0 Å². The van der Waals surface area contributed by atoms with Crippen LogP contribution in [-0.2, 0) is 6.61 Å². The maximum Gasteiger partial charge on any atom is 0.138 e. The van der Waals surface area contributed by atoms with Crippen LogP contribution in [0.5, 0.6) is 5.75 Å². The predicted molar refractivity (Wildman–Crippen MR) is 88.5 cm³/mol. The topological polar surface area (TPSA) is 34.1 Å². The van der Waals surface area contributed by atoms with Gasteiger partial charge in [-0.15, -0.1) is 0 Å². The number of benzene rings is 1. The molecular formula is C16H18Cl2N2O. The summed E-state index contributed by atoms with van der Waals surface area (Å²) in [6, 6.07) is 9.35. The monoisotopic (exact) mass is 324 g/mol. The van der Waals surface area contributed by atoms with Crippen molar-refractivity contribution in [3.05, 3.63) is 51.6 Å². The highest BCUT2D eigenvalue weighted by atomic mass is 35.5. The Kier molecular flexibility index (Phi) is 5.71. The van der Waals surface area contributed by atoms with Crippen molar-refractivity contribution in [2.45, 2.75) is 26.9 Å². The average Bonchev–Trinajstić information content (AvgIpc) is 2.46. The van der Waals surface area contributed by atoms with Gasteiger partial charge in [0.1, 0.15) is 18.2 Å². The molecule has 1 aromatic carbocycles. The summed E-state index contributed by atoms with van der Waals surface area (Å²) in [6.07, 6.45) is 1.04. The van der Waals surface area contributed by atoms with E-state index in [0.717, 1.165) is 24.3 Å². The van der Waals surface area contributed by atoms with Crippen LogP contribution in [-0.4, -0.2) is 11.5 Å². The lowest BCUT2D eigenvalue weighted by Gasteiger charge is -2.11. The molecule has 0 bridgehead atoms. The normalized spacial score (nSPS) is 10.5. The van der Waals surface area contributed by atoms with Crippen LogP contribution in [0.15, 0.2) is 30.3 Å². The third-order valence-electron chi connectivity index (χ3n) is 2.93. The highest BCUT2D eigenvalue weighted by Crippen LogP contribution is 2.27. The van der Waals surface area contributed by atoms with Crippen molar-refractivity contribution >= 4 is 29.0 Å². The fraction of sp³-hybridized carbons (Fsp3) is 0.312. The van der Waals surface area contributed by atoms with Gasteiger partial charge in [0.2, 0.25) is 0 Å².